The number of nitrogens with zero attached hydrogens (tertiary/aromatic N) is 3. The first-order valence-electron chi connectivity index (χ1n) is 7.01. The van der Waals surface area contributed by atoms with E-state index in [4.69, 9.17) is 4.74 Å². The Morgan fingerprint density at radius 2 is 2.05 bits per heavy atom. The van der Waals surface area contributed by atoms with Crippen molar-refractivity contribution in [3.63, 3.8) is 0 Å². The lowest BCUT2D eigenvalue weighted by atomic mass is 10.2. The minimum Gasteiger partial charge on any atom is -0.477 e. The van der Waals surface area contributed by atoms with Crippen LogP contribution in [0.25, 0.3) is 10.2 Å². The van der Waals surface area contributed by atoms with Crippen LogP contribution in [0.1, 0.15) is 22.2 Å². The molecule has 2 heterocycles. The molecule has 1 amide bonds. The van der Waals surface area contributed by atoms with Crippen molar-refractivity contribution in [1.29, 1.82) is 0 Å². The highest BCUT2D eigenvalue weighted by atomic mass is 32.1. The summed E-state index contributed by atoms with van der Waals surface area (Å²) in [5.74, 6) is 0.474. The molecule has 6 heteroatoms. The molecule has 0 atom stereocenters. The summed E-state index contributed by atoms with van der Waals surface area (Å²) in [5.41, 5.74) is 0.854. The molecule has 0 spiro atoms. The maximum atomic E-state index is 12.7. The molecule has 0 aliphatic carbocycles. The van der Waals surface area contributed by atoms with Gasteiger partial charge in [-0.3, -0.25) is 4.79 Å². The zero-order chi connectivity index (χ0) is 16.1. The van der Waals surface area contributed by atoms with Crippen LogP contribution in [0.4, 0.5) is 0 Å². The third-order valence-electron chi connectivity index (χ3n) is 3.15. The Morgan fingerprint density at radius 3 is 2.64 bits per heavy atom. The van der Waals surface area contributed by atoms with Gasteiger partial charge >= 0.3 is 0 Å². The Hall–Kier alpha value is -2.21. The van der Waals surface area contributed by atoms with Crippen molar-refractivity contribution in [2.45, 2.75) is 13.8 Å². The van der Waals surface area contributed by atoms with E-state index in [-0.39, 0.29) is 5.91 Å². The third kappa shape index (κ3) is 3.01. The zero-order valence-electron chi connectivity index (χ0n) is 12.8. The largest absolute Gasteiger partial charge is 0.477 e. The summed E-state index contributed by atoms with van der Waals surface area (Å²) in [5, 5.41) is 0.815. The molecule has 0 bridgehead atoms. The second kappa shape index (κ2) is 7.17. The van der Waals surface area contributed by atoms with Crippen LogP contribution in [0.2, 0.25) is 0 Å². The van der Waals surface area contributed by atoms with Crippen LogP contribution in [-0.2, 0) is 0 Å². The molecule has 2 aromatic heterocycles. The summed E-state index contributed by atoms with van der Waals surface area (Å²) in [4.78, 5) is 24.3. The Morgan fingerprint density at radius 1 is 1.36 bits per heavy atom. The monoisotopic (exact) mass is 317 g/mol. The molecule has 22 heavy (non-hydrogen) atoms. The SMILES string of the molecule is C=CCN(CC=C)C(=O)c1sc2ncnc(OCC)c2c1C. The number of carbonyl (C=O) groups excluding carboxylic acids is 1. The minimum atomic E-state index is -0.0530. The quantitative estimate of drug-likeness (QED) is 0.736. The van der Waals surface area contributed by atoms with Crippen LogP contribution in [0, 0.1) is 6.92 Å². The van der Waals surface area contributed by atoms with Gasteiger partial charge in [-0.05, 0) is 19.4 Å². The van der Waals surface area contributed by atoms with Crippen molar-refractivity contribution in [1.82, 2.24) is 14.9 Å². The maximum absolute atomic E-state index is 12.7. The summed E-state index contributed by atoms with van der Waals surface area (Å²) < 4.78 is 5.55. The predicted molar refractivity (Wildman–Crippen MR) is 89.6 cm³/mol. The summed E-state index contributed by atoms with van der Waals surface area (Å²) >= 11 is 1.36. The van der Waals surface area contributed by atoms with Crippen molar-refractivity contribution < 1.29 is 9.53 Å². The van der Waals surface area contributed by atoms with Crippen LogP contribution in [0.3, 0.4) is 0 Å². The van der Waals surface area contributed by atoms with Crippen molar-refractivity contribution in [3.8, 4) is 5.88 Å². The molecular formula is C16H19N3O2S. The summed E-state index contributed by atoms with van der Waals surface area (Å²) in [6, 6.07) is 0. The first-order valence-corrected chi connectivity index (χ1v) is 7.83. The lowest BCUT2D eigenvalue weighted by Crippen LogP contribution is -2.31. The maximum Gasteiger partial charge on any atom is 0.264 e. The normalized spacial score (nSPS) is 10.5. The third-order valence-corrected chi connectivity index (χ3v) is 4.34. The van der Waals surface area contributed by atoms with E-state index in [0.29, 0.717) is 30.5 Å². The van der Waals surface area contributed by atoms with E-state index in [1.807, 2.05) is 13.8 Å². The van der Waals surface area contributed by atoms with Crippen LogP contribution < -0.4 is 4.74 Å². The highest BCUT2D eigenvalue weighted by molar-refractivity contribution is 7.20. The standard InChI is InChI=1S/C16H19N3O2S/c1-5-8-19(9-6-2)16(20)13-11(4)12-14(21-7-3)17-10-18-15(12)22-13/h5-6,10H,1-2,7-9H2,3-4H3. The number of rotatable bonds is 7. The van der Waals surface area contributed by atoms with Crippen LogP contribution in [0.5, 0.6) is 5.88 Å². The molecular weight excluding hydrogens is 298 g/mol. The van der Waals surface area contributed by atoms with E-state index in [9.17, 15) is 4.79 Å². The molecule has 0 fully saturated rings. The number of amides is 1. The van der Waals surface area contributed by atoms with Crippen LogP contribution in [-0.4, -0.2) is 40.5 Å². The van der Waals surface area contributed by atoms with E-state index in [1.165, 1.54) is 17.7 Å². The minimum absolute atomic E-state index is 0.0530. The molecule has 0 radical (unpaired) electrons. The summed E-state index contributed by atoms with van der Waals surface area (Å²) in [6.45, 7) is 12.7. The molecule has 0 aromatic carbocycles. The lowest BCUT2D eigenvalue weighted by molar-refractivity contribution is 0.0795. The van der Waals surface area contributed by atoms with Gasteiger partial charge in [0.1, 0.15) is 11.2 Å². The number of aromatic nitrogens is 2. The van der Waals surface area contributed by atoms with Crippen molar-refractivity contribution in [2.24, 2.45) is 0 Å². The van der Waals surface area contributed by atoms with Crippen LogP contribution >= 0.6 is 11.3 Å². The number of fused-ring (bicyclic) bond motifs is 1. The average Bonchev–Trinajstić information content (AvgIpc) is 2.85. The fourth-order valence-corrected chi connectivity index (χ4v) is 3.29. The first kappa shape index (κ1) is 16.2. The molecule has 2 aromatic rings. The number of aryl methyl sites for hydroxylation is 1. The molecule has 0 aliphatic heterocycles. The summed E-state index contributed by atoms with van der Waals surface area (Å²) in [6.07, 6.45) is 4.87. The Bertz CT molecular complexity index is 699. The fourth-order valence-electron chi connectivity index (χ4n) is 2.19. The lowest BCUT2D eigenvalue weighted by Gasteiger charge is -2.18. The predicted octanol–water partition coefficient (Wildman–Crippen LogP) is 3.21. The number of carbonyl (C=O) groups is 1. The van der Waals surface area contributed by atoms with E-state index in [0.717, 1.165) is 15.8 Å². The van der Waals surface area contributed by atoms with Gasteiger partial charge in [0.2, 0.25) is 5.88 Å². The highest BCUT2D eigenvalue weighted by Crippen LogP contribution is 2.35. The zero-order valence-corrected chi connectivity index (χ0v) is 13.7. The molecule has 0 unspecified atom stereocenters. The Kier molecular flexibility index (Phi) is 5.27. The Balaban J connectivity index is 2.49. The van der Waals surface area contributed by atoms with Gasteiger partial charge in [0, 0.05) is 13.1 Å². The fraction of sp³-hybridized carbons (Fsp3) is 0.312. The molecule has 2 rings (SSSR count). The average molecular weight is 317 g/mol. The molecule has 0 saturated heterocycles. The van der Waals surface area contributed by atoms with E-state index < -0.39 is 0 Å². The van der Waals surface area contributed by atoms with Gasteiger partial charge in [-0.25, -0.2) is 9.97 Å². The first-order chi connectivity index (χ1) is 10.6. The molecule has 0 saturated carbocycles. The van der Waals surface area contributed by atoms with E-state index >= 15 is 0 Å². The van der Waals surface area contributed by atoms with Crippen LogP contribution in [0.15, 0.2) is 31.6 Å². The smallest absolute Gasteiger partial charge is 0.264 e. The van der Waals surface area contributed by atoms with Gasteiger partial charge in [-0.2, -0.15) is 0 Å². The van der Waals surface area contributed by atoms with Gasteiger partial charge in [0.15, 0.2) is 0 Å². The van der Waals surface area contributed by atoms with Gasteiger partial charge in [-0.1, -0.05) is 12.2 Å². The summed E-state index contributed by atoms with van der Waals surface area (Å²) in [7, 11) is 0. The number of hydrogen-bond donors (Lipinski definition) is 0. The number of thiophene rings is 1. The Labute approximate surface area is 133 Å². The van der Waals surface area contributed by atoms with Crippen molar-refractivity contribution in [3.05, 3.63) is 42.1 Å². The second-order valence-electron chi connectivity index (χ2n) is 4.64. The van der Waals surface area contributed by atoms with Gasteiger partial charge in [0.25, 0.3) is 5.91 Å². The molecule has 0 aliphatic rings. The van der Waals surface area contributed by atoms with Gasteiger partial charge < -0.3 is 9.64 Å². The number of hydrogen-bond acceptors (Lipinski definition) is 5. The van der Waals surface area contributed by atoms with Gasteiger partial charge in [-0.15, -0.1) is 24.5 Å². The van der Waals surface area contributed by atoms with E-state index in [1.54, 1.807) is 17.1 Å². The molecule has 5 nitrogen and oxygen atoms in total. The molecule has 0 N–H and O–H groups in total. The van der Waals surface area contributed by atoms with E-state index in [2.05, 4.69) is 23.1 Å². The highest BCUT2D eigenvalue weighted by Gasteiger charge is 2.23. The van der Waals surface area contributed by atoms with Gasteiger partial charge in [0.05, 0.1) is 16.9 Å². The number of ether oxygens (including phenoxy) is 1. The second-order valence-corrected chi connectivity index (χ2v) is 5.63. The molecule has 116 valence electrons. The van der Waals surface area contributed by atoms with Crippen molar-refractivity contribution >= 4 is 27.5 Å². The van der Waals surface area contributed by atoms with Crippen molar-refractivity contribution in [2.75, 3.05) is 19.7 Å². The topological polar surface area (TPSA) is 55.3 Å².